The van der Waals surface area contributed by atoms with Gasteiger partial charge in [-0.15, -0.1) is 0 Å². The summed E-state index contributed by atoms with van der Waals surface area (Å²) in [6.07, 6.45) is 0. The molecule has 6 nitrogen and oxygen atoms in total. The van der Waals surface area contributed by atoms with Gasteiger partial charge in [0.15, 0.2) is 11.5 Å². The van der Waals surface area contributed by atoms with Crippen LogP contribution in [0.25, 0.3) is 10.8 Å². The van der Waals surface area contributed by atoms with E-state index in [9.17, 15) is 4.79 Å². The Morgan fingerprint density at radius 3 is 2.22 bits per heavy atom. The van der Waals surface area contributed by atoms with Crippen LogP contribution in [0.15, 0.2) is 54.6 Å². The molecule has 0 aromatic heterocycles. The summed E-state index contributed by atoms with van der Waals surface area (Å²) in [7, 11) is 4.65. The maximum atomic E-state index is 12.4. The number of carbonyl (C=O) groups is 1. The molecule has 0 aliphatic heterocycles. The van der Waals surface area contributed by atoms with Crippen molar-refractivity contribution < 1.29 is 19.0 Å². The first-order valence-electron chi connectivity index (χ1n) is 8.47. The summed E-state index contributed by atoms with van der Waals surface area (Å²) in [5, 5.41) is 8.11. The van der Waals surface area contributed by atoms with E-state index in [1.54, 1.807) is 33.5 Å². The normalized spacial score (nSPS) is 10.3. The number of carbonyl (C=O) groups excluding carboxylic acids is 1. The van der Waals surface area contributed by atoms with Gasteiger partial charge in [-0.3, -0.25) is 4.79 Å². The fourth-order valence-corrected chi connectivity index (χ4v) is 2.89. The van der Waals surface area contributed by atoms with Crippen molar-refractivity contribution in [3.05, 3.63) is 54.6 Å². The smallest absolute Gasteiger partial charge is 0.243 e. The lowest BCUT2D eigenvalue weighted by atomic mass is 10.1. The van der Waals surface area contributed by atoms with Gasteiger partial charge in [0.1, 0.15) is 0 Å². The maximum absolute atomic E-state index is 12.4. The minimum absolute atomic E-state index is 0.0991. The molecule has 0 fully saturated rings. The molecule has 0 saturated carbocycles. The third-order valence-electron chi connectivity index (χ3n) is 4.18. The molecule has 0 aliphatic rings. The summed E-state index contributed by atoms with van der Waals surface area (Å²) in [5.41, 5.74) is 1.47. The number of methoxy groups -OCH3 is 3. The Labute approximate surface area is 158 Å². The van der Waals surface area contributed by atoms with Crippen LogP contribution in [0.2, 0.25) is 0 Å². The van der Waals surface area contributed by atoms with E-state index in [0.29, 0.717) is 22.9 Å². The van der Waals surface area contributed by atoms with Crippen LogP contribution in [0.5, 0.6) is 17.2 Å². The van der Waals surface area contributed by atoms with Crippen molar-refractivity contribution in [1.82, 2.24) is 0 Å². The van der Waals surface area contributed by atoms with Crippen molar-refractivity contribution in [1.29, 1.82) is 0 Å². The van der Waals surface area contributed by atoms with Crippen LogP contribution in [0.1, 0.15) is 0 Å². The summed E-state index contributed by atoms with van der Waals surface area (Å²) in [4.78, 5) is 12.4. The Morgan fingerprint density at radius 1 is 0.889 bits per heavy atom. The second-order valence-electron chi connectivity index (χ2n) is 5.84. The summed E-state index contributed by atoms with van der Waals surface area (Å²) < 4.78 is 16.0. The zero-order valence-corrected chi connectivity index (χ0v) is 15.5. The van der Waals surface area contributed by atoms with Gasteiger partial charge in [-0.2, -0.15) is 0 Å². The number of benzene rings is 3. The van der Waals surface area contributed by atoms with E-state index in [-0.39, 0.29) is 12.5 Å². The number of amides is 1. The lowest BCUT2D eigenvalue weighted by Crippen LogP contribution is -2.21. The fraction of sp³-hybridized carbons (Fsp3) is 0.190. The molecular formula is C21H22N2O4. The molecule has 0 spiro atoms. The summed E-state index contributed by atoms with van der Waals surface area (Å²) in [6.45, 7) is 0.0991. The van der Waals surface area contributed by atoms with E-state index >= 15 is 0 Å². The summed E-state index contributed by atoms with van der Waals surface area (Å²) >= 11 is 0. The minimum atomic E-state index is -0.153. The molecule has 140 valence electrons. The van der Waals surface area contributed by atoms with E-state index in [1.807, 2.05) is 42.5 Å². The van der Waals surface area contributed by atoms with Gasteiger partial charge in [-0.25, -0.2) is 0 Å². The van der Waals surface area contributed by atoms with E-state index < -0.39 is 0 Å². The van der Waals surface area contributed by atoms with E-state index in [0.717, 1.165) is 16.5 Å². The van der Waals surface area contributed by atoms with Crippen molar-refractivity contribution in [3.8, 4) is 17.2 Å². The van der Waals surface area contributed by atoms with Gasteiger partial charge in [-0.1, -0.05) is 36.4 Å². The molecule has 1 amide bonds. The van der Waals surface area contributed by atoms with Crippen molar-refractivity contribution >= 4 is 28.1 Å². The Hall–Kier alpha value is -3.41. The fourth-order valence-electron chi connectivity index (χ4n) is 2.89. The molecule has 27 heavy (non-hydrogen) atoms. The molecule has 0 saturated heterocycles. The largest absolute Gasteiger partial charge is 0.493 e. The maximum Gasteiger partial charge on any atom is 0.243 e. The molecule has 2 N–H and O–H groups in total. The molecule has 0 bridgehead atoms. The van der Waals surface area contributed by atoms with Crippen LogP contribution in [-0.4, -0.2) is 33.8 Å². The molecular weight excluding hydrogens is 344 g/mol. The predicted octanol–water partition coefficient (Wildman–Crippen LogP) is 3.92. The molecule has 0 unspecified atom stereocenters. The van der Waals surface area contributed by atoms with Crippen LogP contribution in [-0.2, 0) is 4.79 Å². The highest BCUT2D eigenvalue weighted by atomic mass is 16.5. The topological polar surface area (TPSA) is 68.8 Å². The third-order valence-corrected chi connectivity index (χ3v) is 4.18. The van der Waals surface area contributed by atoms with Crippen molar-refractivity contribution in [2.75, 3.05) is 38.5 Å². The van der Waals surface area contributed by atoms with Gasteiger partial charge in [0, 0.05) is 28.9 Å². The highest BCUT2D eigenvalue weighted by molar-refractivity contribution is 6.03. The Morgan fingerprint density at radius 2 is 1.56 bits per heavy atom. The number of ether oxygens (including phenoxy) is 3. The van der Waals surface area contributed by atoms with Crippen molar-refractivity contribution in [3.63, 3.8) is 0 Å². The quantitative estimate of drug-likeness (QED) is 0.663. The summed E-state index contributed by atoms with van der Waals surface area (Å²) in [5.74, 6) is 1.40. The summed E-state index contributed by atoms with van der Waals surface area (Å²) in [6, 6.07) is 17.3. The zero-order valence-electron chi connectivity index (χ0n) is 15.5. The molecule has 3 rings (SSSR count). The standard InChI is InChI=1S/C21H22N2O4/c1-25-18-11-15(12-19(26-2)21(18)27-3)22-13-20(24)23-17-10-6-8-14-7-4-5-9-16(14)17/h4-12,22H,13H2,1-3H3,(H,23,24). The lowest BCUT2D eigenvalue weighted by Gasteiger charge is -2.15. The van der Waals surface area contributed by atoms with E-state index in [1.165, 1.54) is 0 Å². The monoisotopic (exact) mass is 366 g/mol. The molecule has 0 radical (unpaired) electrons. The van der Waals surface area contributed by atoms with Gasteiger partial charge in [0.2, 0.25) is 11.7 Å². The molecule has 0 aliphatic carbocycles. The molecule has 3 aromatic rings. The van der Waals surface area contributed by atoms with Crippen LogP contribution in [0.3, 0.4) is 0 Å². The number of hydrogen-bond acceptors (Lipinski definition) is 5. The Balaban J connectivity index is 1.72. The van der Waals surface area contributed by atoms with Gasteiger partial charge in [-0.05, 0) is 11.5 Å². The molecule has 6 heteroatoms. The van der Waals surface area contributed by atoms with E-state index in [2.05, 4.69) is 10.6 Å². The van der Waals surface area contributed by atoms with Gasteiger partial charge >= 0.3 is 0 Å². The van der Waals surface area contributed by atoms with E-state index in [4.69, 9.17) is 14.2 Å². The van der Waals surface area contributed by atoms with Crippen LogP contribution >= 0.6 is 0 Å². The molecule has 0 atom stereocenters. The van der Waals surface area contributed by atoms with Gasteiger partial charge < -0.3 is 24.8 Å². The Kier molecular flexibility index (Phi) is 5.66. The SMILES string of the molecule is COc1cc(NCC(=O)Nc2cccc3ccccc23)cc(OC)c1OC. The lowest BCUT2D eigenvalue weighted by molar-refractivity contribution is -0.114. The predicted molar refractivity (Wildman–Crippen MR) is 107 cm³/mol. The number of rotatable bonds is 7. The Bertz CT molecular complexity index is 926. The highest BCUT2D eigenvalue weighted by Gasteiger charge is 2.14. The van der Waals surface area contributed by atoms with Crippen LogP contribution < -0.4 is 24.8 Å². The number of hydrogen-bond donors (Lipinski definition) is 2. The first kappa shape index (κ1) is 18.4. The van der Waals surface area contributed by atoms with Crippen LogP contribution in [0, 0.1) is 0 Å². The average molecular weight is 366 g/mol. The first-order chi connectivity index (χ1) is 13.2. The van der Waals surface area contributed by atoms with Gasteiger partial charge in [0.05, 0.1) is 27.9 Å². The molecule has 3 aromatic carbocycles. The molecule has 0 heterocycles. The second-order valence-corrected chi connectivity index (χ2v) is 5.84. The minimum Gasteiger partial charge on any atom is -0.493 e. The highest BCUT2D eigenvalue weighted by Crippen LogP contribution is 2.39. The van der Waals surface area contributed by atoms with Crippen molar-refractivity contribution in [2.24, 2.45) is 0 Å². The zero-order chi connectivity index (χ0) is 19.2. The van der Waals surface area contributed by atoms with Crippen LogP contribution in [0.4, 0.5) is 11.4 Å². The third kappa shape index (κ3) is 4.06. The van der Waals surface area contributed by atoms with Crippen molar-refractivity contribution in [2.45, 2.75) is 0 Å². The first-order valence-corrected chi connectivity index (χ1v) is 8.47. The van der Waals surface area contributed by atoms with Gasteiger partial charge in [0.25, 0.3) is 0 Å². The number of nitrogens with one attached hydrogen (secondary N) is 2. The average Bonchev–Trinajstić information content (AvgIpc) is 2.71. The number of fused-ring (bicyclic) bond motifs is 1. The second kappa shape index (κ2) is 8.31. The number of anilines is 2.